The fourth-order valence-corrected chi connectivity index (χ4v) is 2.62. The molecule has 0 saturated carbocycles. The van der Waals surface area contributed by atoms with Crippen molar-refractivity contribution in [1.82, 2.24) is 0 Å². The van der Waals surface area contributed by atoms with Crippen LogP contribution in [0.3, 0.4) is 0 Å². The summed E-state index contributed by atoms with van der Waals surface area (Å²) in [5.41, 5.74) is 2.50. The van der Waals surface area contributed by atoms with Crippen molar-refractivity contribution < 1.29 is 17.9 Å². The molecule has 0 saturated heterocycles. The van der Waals surface area contributed by atoms with Gasteiger partial charge in [0.15, 0.2) is 0 Å². The normalized spacial score (nSPS) is 13.4. The molecule has 114 valence electrons. The van der Waals surface area contributed by atoms with E-state index in [2.05, 4.69) is 45.8 Å². The summed E-state index contributed by atoms with van der Waals surface area (Å²) >= 11 is 3.47. The van der Waals surface area contributed by atoms with Crippen LogP contribution in [0.15, 0.2) is 24.3 Å². The summed E-state index contributed by atoms with van der Waals surface area (Å²) in [6.07, 6.45) is -1.78. The quantitative estimate of drug-likeness (QED) is 0.477. The van der Waals surface area contributed by atoms with Crippen LogP contribution < -0.4 is 0 Å². The predicted molar refractivity (Wildman–Crippen MR) is 78.3 cm³/mol. The largest absolute Gasteiger partial charge is 0.411 e. The zero-order valence-electron chi connectivity index (χ0n) is 11.5. The van der Waals surface area contributed by atoms with Crippen LogP contribution in [0.2, 0.25) is 0 Å². The zero-order chi connectivity index (χ0) is 15.0. The van der Waals surface area contributed by atoms with Crippen molar-refractivity contribution in [2.75, 3.05) is 18.5 Å². The number of rotatable bonds is 8. The highest BCUT2D eigenvalue weighted by molar-refractivity contribution is 9.09. The van der Waals surface area contributed by atoms with Gasteiger partial charge in [0.05, 0.1) is 0 Å². The number of hydrogen-bond donors (Lipinski definition) is 0. The Morgan fingerprint density at radius 2 is 2.05 bits per heavy atom. The number of ether oxygens (including phenoxy) is 1. The number of benzene rings is 1. The van der Waals surface area contributed by atoms with Crippen molar-refractivity contribution in [3.63, 3.8) is 0 Å². The van der Waals surface area contributed by atoms with Gasteiger partial charge in [-0.25, -0.2) is 0 Å². The van der Waals surface area contributed by atoms with Crippen LogP contribution >= 0.6 is 15.9 Å². The molecular formula is C15H20BrF3O. The molecule has 1 rings (SSSR count). The molecule has 1 aromatic rings. The summed E-state index contributed by atoms with van der Waals surface area (Å²) < 4.78 is 40.3. The molecule has 1 aromatic carbocycles. The highest BCUT2D eigenvalue weighted by Gasteiger charge is 2.27. The fraction of sp³-hybridized carbons (Fsp3) is 0.600. The summed E-state index contributed by atoms with van der Waals surface area (Å²) in [5, 5.41) is 0.847. The number of hydrogen-bond acceptors (Lipinski definition) is 1. The van der Waals surface area contributed by atoms with Gasteiger partial charge in [-0.3, -0.25) is 0 Å². The van der Waals surface area contributed by atoms with Gasteiger partial charge in [-0.05, 0) is 37.7 Å². The monoisotopic (exact) mass is 352 g/mol. The highest BCUT2D eigenvalue weighted by Crippen LogP contribution is 2.18. The summed E-state index contributed by atoms with van der Waals surface area (Å²) in [5.74, 6) is 0.422. The molecule has 0 aliphatic rings. The van der Waals surface area contributed by atoms with E-state index in [-0.39, 0.29) is 6.61 Å². The van der Waals surface area contributed by atoms with Crippen molar-refractivity contribution in [1.29, 1.82) is 0 Å². The standard InChI is InChI=1S/C15H20BrF3O/c1-12-4-2-5-13(8-12)9-14(10-16)6-3-7-20-11-15(17,18)19/h2,4-5,8,14H,3,6-7,9-11H2,1H3. The van der Waals surface area contributed by atoms with Crippen LogP contribution in [0.25, 0.3) is 0 Å². The molecule has 0 aliphatic heterocycles. The minimum Gasteiger partial charge on any atom is -0.372 e. The summed E-state index contributed by atoms with van der Waals surface area (Å²) in [6, 6.07) is 8.32. The van der Waals surface area contributed by atoms with Gasteiger partial charge >= 0.3 is 6.18 Å². The van der Waals surface area contributed by atoms with Gasteiger partial charge in [-0.1, -0.05) is 45.8 Å². The topological polar surface area (TPSA) is 9.23 Å². The Kier molecular flexibility index (Phi) is 7.59. The lowest BCUT2D eigenvalue weighted by Gasteiger charge is -2.15. The highest BCUT2D eigenvalue weighted by atomic mass is 79.9. The number of aryl methyl sites for hydroxylation is 1. The van der Waals surface area contributed by atoms with E-state index in [0.29, 0.717) is 12.3 Å². The van der Waals surface area contributed by atoms with Crippen molar-refractivity contribution in [2.24, 2.45) is 5.92 Å². The second-order valence-electron chi connectivity index (χ2n) is 5.02. The van der Waals surface area contributed by atoms with Gasteiger partial charge in [-0.15, -0.1) is 0 Å². The predicted octanol–water partition coefficient (Wildman–Crippen LogP) is 4.91. The fourth-order valence-electron chi connectivity index (χ4n) is 2.07. The summed E-state index contributed by atoms with van der Waals surface area (Å²) in [4.78, 5) is 0. The molecule has 0 fully saturated rings. The molecule has 0 amide bonds. The molecule has 0 aromatic heterocycles. The molecule has 1 atom stereocenters. The van der Waals surface area contributed by atoms with E-state index >= 15 is 0 Å². The van der Waals surface area contributed by atoms with E-state index in [9.17, 15) is 13.2 Å². The Balaban J connectivity index is 2.26. The van der Waals surface area contributed by atoms with Gasteiger partial charge in [0.2, 0.25) is 0 Å². The average molecular weight is 353 g/mol. The van der Waals surface area contributed by atoms with Gasteiger partial charge in [0.1, 0.15) is 6.61 Å². The van der Waals surface area contributed by atoms with Gasteiger partial charge < -0.3 is 4.74 Å². The van der Waals surface area contributed by atoms with E-state index < -0.39 is 12.8 Å². The third kappa shape index (κ3) is 7.90. The maximum atomic E-state index is 11.9. The lowest BCUT2D eigenvalue weighted by molar-refractivity contribution is -0.174. The zero-order valence-corrected chi connectivity index (χ0v) is 13.1. The Hall–Kier alpha value is -0.550. The van der Waals surface area contributed by atoms with Crippen LogP contribution in [0.5, 0.6) is 0 Å². The molecule has 0 N–H and O–H groups in total. The van der Waals surface area contributed by atoms with Crippen LogP contribution in [0, 0.1) is 12.8 Å². The molecule has 0 aliphatic carbocycles. The molecule has 0 bridgehead atoms. The molecule has 0 radical (unpaired) electrons. The van der Waals surface area contributed by atoms with E-state index in [1.165, 1.54) is 11.1 Å². The van der Waals surface area contributed by atoms with Crippen LogP contribution in [0.4, 0.5) is 13.2 Å². The molecule has 20 heavy (non-hydrogen) atoms. The Morgan fingerprint density at radius 3 is 2.65 bits per heavy atom. The number of alkyl halides is 4. The lowest BCUT2D eigenvalue weighted by atomic mass is 9.96. The Bertz CT molecular complexity index is 393. The third-order valence-electron chi connectivity index (χ3n) is 2.99. The molecule has 0 heterocycles. The maximum absolute atomic E-state index is 11.9. The smallest absolute Gasteiger partial charge is 0.372 e. The summed E-state index contributed by atoms with van der Waals surface area (Å²) in [7, 11) is 0. The Labute approximate surface area is 126 Å². The van der Waals surface area contributed by atoms with Crippen LogP contribution in [0.1, 0.15) is 24.0 Å². The second-order valence-corrected chi connectivity index (χ2v) is 5.67. The molecule has 1 nitrogen and oxygen atoms in total. The van der Waals surface area contributed by atoms with E-state index in [1.807, 2.05) is 6.07 Å². The number of halogens is 4. The van der Waals surface area contributed by atoms with Crippen molar-refractivity contribution in [3.8, 4) is 0 Å². The van der Waals surface area contributed by atoms with Gasteiger partial charge in [0, 0.05) is 11.9 Å². The molecule has 1 unspecified atom stereocenters. The first-order chi connectivity index (χ1) is 9.40. The minimum absolute atomic E-state index is 0.164. The first-order valence-electron chi connectivity index (χ1n) is 6.66. The van der Waals surface area contributed by atoms with Crippen molar-refractivity contribution in [3.05, 3.63) is 35.4 Å². The van der Waals surface area contributed by atoms with Gasteiger partial charge in [0.25, 0.3) is 0 Å². The Morgan fingerprint density at radius 1 is 1.30 bits per heavy atom. The SMILES string of the molecule is Cc1cccc(CC(CBr)CCCOCC(F)(F)F)c1. The molecule has 0 spiro atoms. The second kappa shape index (κ2) is 8.67. The minimum atomic E-state index is -4.23. The average Bonchev–Trinajstić information content (AvgIpc) is 2.35. The van der Waals surface area contributed by atoms with Crippen LogP contribution in [-0.4, -0.2) is 24.7 Å². The van der Waals surface area contributed by atoms with Crippen molar-refractivity contribution >= 4 is 15.9 Å². The molecule has 5 heteroatoms. The summed E-state index contributed by atoms with van der Waals surface area (Å²) in [6.45, 7) is 1.07. The van der Waals surface area contributed by atoms with E-state index in [4.69, 9.17) is 0 Å². The van der Waals surface area contributed by atoms with E-state index in [1.54, 1.807) is 0 Å². The first kappa shape index (κ1) is 17.5. The maximum Gasteiger partial charge on any atom is 0.411 e. The van der Waals surface area contributed by atoms with Crippen LogP contribution in [-0.2, 0) is 11.2 Å². The van der Waals surface area contributed by atoms with E-state index in [0.717, 1.165) is 18.2 Å². The molecular weight excluding hydrogens is 333 g/mol. The van der Waals surface area contributed by atoms with Crippen molar-refractivity contribution in [2.45, 2.75) is 32.4 Å². The lowest BCUT2D eigenvalue weighted by Crippen LogP contribution is -2.17. The third-order valence-corrected chi connectivity index (χ3v) is 3.91. The van der Waals surface area contributed by atoms with Gasteiger partial charge in [-0.2, -0.15) is 13.2 Å². The first-order valence-corrected chi connectivity index (χ1v) is 7.79.